The van der Waals surface area contributed by atoms with Crippen molar-refractivity contribution in [2.45, 2.75) is 19.0 Å². The molecule has 0 heterocycles. The largest absolute Gasteiger partial charge is 0.389 e. The van der Waals surface area contributed by atoms with Crippen LogP contribution in [0.15, 0.2) is 0 Å². The Bertz CT molecular complexity index is 130. The number of hydrogen-bond acceptors (Lipinski definition) is 3. The zero-order valence-corrected chi connectivity index (χ0v) is 7.98. The second-order valence-corrected chi connectivity index (χ2v) is 2.73. The minimum absolute atomic E-state index is 0.000386. The minimum atomic E-state index is -4.08. The van der Waals surface area contributed by atoms with E-state index in [1.54, 1.807) is 0 Å². The molecule has 3 nitrogen and oxygen atoms in total. The van der Waals surface area contributed by atoms with E-state index in [1.807, 2.05) is 0 Å². The van der Waals surface area contributed by atoms with E-state index in [1.165, 1.54) is 0 Å². The first-order chi connectivity index (χ1) is 6.56. The lowest BCUT2D eigenvalue weighted by atomic mass is 10.3. The fraction of sp³-hybridized carbons (Fsp3) is 1.00. The summed E-state index contributed by atoms with van der Waals surface area (Å²) in [4.78, 5) is 0. The van der Waals surface area contributed by atoms with E-state index in [2.05, 4.69) is 0 Å². The predicted molar refractivity (Wildman–Crippen MR) is 46.0 cm³/mol. The van der Waals surface area contributed by atoms with Crippen LogP contribution >= 0.6 is 0 Å². The highest BCUT2D eigenvalue weighted by atomic mass is 19.4. The molecule has 0 aromatic carbocycles. The fourth-order valence-corrected chi connectivity index (χ4v) is 0.780. The van der Waals surface area contributed by atoms with Gasteiger partial charge in [-0.25, -0.2) is 0 Å². The lowest BCUT2D eigenvalue weighted by Gasteiger charge is -2.06. The normalized spacial score (nSPS) is 12.0. The number of ether oxygens (including phenoxy) is 2. The molecule has 2 N–H and O–H groups in total. The van der Waals surface area contributed by atoms with Gasteiger partial charge in [0, 0.05) is 19.6 Å². The summed E-state index contributed by atoms with van der Waals surface area (Å²) in [5.41, 5.74) is 5.15. The molecule has 0 atom stereocenters. The summed E-state index contributed by atoms with van der Waals surface area (Å²) >= 11 is 0. The molecule has 0 unspecified atom stereocenters. The van der Waals surface area contributed by atoms with Crippen LogP contribution in [0.3, 0.4) is 0 Å². The Labute approximate surface area is 81.4 Å². The van der Waals surface area contributed by atoms with E-state index in [9.17, 15) is 13.2 Å². The van der Waals surface area contributed by atoms with Crippen molar-refractivity contribution in [1.82, 2.24) is 0 Å². The maximum Gasteiger partial charge on any atom is 0.389 e. The van der Waals surface area contributed by atoms with E-state index in [-0.39, 0.29) is 13.0 Å². The van der Waals surface area contributed by atoms with Gasteiger partial charge in [-0.2, -0.15) is 13.2 Å². The molecule has 0 bridgehead atoms. The second-order valence-electron chi connectivity index (χ2n) is 2.73. The SMILES string of the molecule is NCCOCCOCCCC(F)(F)F. The highest BCUT2D eigenvalue weighted by molar-refractivity contribution is 4.49. The quantitative estimate of drug-likeness (QED) is 0.621. The van der Waals surface area contributed by atoms with Gasteiger partial charge in [-0.15, -0.1) is 0 Å². The summed E-state index contributed by atoms with van der Waals surface area (Å²) in [7, 11) is 0. The Morgan fingerprint density at radius 3 is 2.00 bits per heavy atom. The van der Waals surface area contributed by atoms with Crippen LogP contribution in [0.1, 0.15) is 12.8 Å². The van der Waals surface area contributed by atoms with Gasteiger partial charge in [0.25, 0.3) is 0 Å². The molecule has 0 aromatic heterocycles. The van der Waals surface area contributed by atoms with Crippen molar-refractivity contribution in [2.24, 2.45) is 5.73 Å². The zero-order valence-electron chi connectivity index (χ0n) is 7.98. The maximum atomic E-state index is 11.6. The summed E-state index contributed by atoms with van der Waals surface area (Å²) in [6.45, 7) is 1.70. The molecule has 86 valence electrons. The Morgan fingerprint density at radius 1 is 0.929 bits per heavy atom. The van der Waals surface area contributed by atoms with Crippen molar-refractivity contribution in [3.8, 4) is 0 Å². The molecule has 0 radical (unpaired) electrons. The van der Waals surface area contributed by atoms with Gasteiger partial charge in [0.2, 0.25) is 0 Å². The van der Waals surface area contributed by atoms with Crippen molar-refractivity contribution >= 4 is 0 Å². The molecule has 0 fully saturated rings. The smallest absolute Gasteiger partial charge is 0.379 e. The molecular weight excluding hydrogens is 199 g/mol. The van der Waals surface area contributed by atoms with Gasteiger partial charge >= 0.3 is 6.18 Å². The molecule has 0 saturated heterocycles. The van der Waals surface area contributed by atoms with Crippen LogP contribution < -0.4 is 5.73 Å². The van der Waals surface area contributed by atoms with Gasteiger partial charge in [-0.05, 0) is 6.42 Å². The summed E-state index contributed by atoms with van der Waals surface area (Å²) < 4.78 is 44.8. The Kier molecular flexibility index (Phi) is 7.83. The first-order valence-electron chi connectivity index (χ1n) is 4.48. The third kappa shape index (κ3) is 11.7. The summed E-state index contributed by atoms with van der Waals surface area (Å²) in [6, 6.07) is 0. The van der Waals surface area contributed by atoms with E-state index < -0.39 is 12.6 Å². The van der Waals surface area contributed by atoms with Gasteiger partial charge in [0.05, 0.1) is 19.8 Å². The maximum absolute atomic E-state index is 11.6. The third-order valence-corrected chi connectivity index (χ3v) is 1.38. The Balaban J connectivity index is 2.99. The summed E-state index contributed by atoms with van der Waals surface area (Å²) in [5.74, 6) is 0. The molecular formula is C8H16F3NO2. The van der Waals surface area contributed by atoms with Crippen LogP contribution in [0.5, 0.6) is 0 Å². The summed E-state index contributed by atoms with van der Waals surface area (Å²) in [6.07, 6.45) is -4.88. The van der Waals surface area contributed by atoms with Crippen LogP contribution in [-0.4, -0.2) is 39.1 Å². The average molecular weight is 215 g/mol. The van der Waals surface area contributed by atoms with Gasteiger partial charge < -0.3 is 15.2 Å². The van der Waals surface area contributed by atoms with Crippen molar-refractivity contribution < 1.29 is 22.6 Å². The highest BCUT2D eigenvalue weighted by Crippen LogP contribution is 2.20. The van der Waals surface area contributed by atoms with E-state index in [0.29, 0.717) is 26.4 Å². The van der Waals surface area contributed by atoms with Crippen LogP contribution in [0.2, 0.25) is 0 Å². The topological polar surface area (TPSA) is 44.5 Å². The molecule has 0 aliphatic rings. The number of halogens is 3. The van der Waals surface area contributed by atoms with Crippen molar-refractivity contribution in [3.63, 3.8) is 0 Å². The van der Waals surface area contributed by atoms with Crippen molar-refractivity contribution in [3.05, 3.63) is 0 Å². The highest BCUT2D eigenvalue weighted by Gasteiger charge is 2.25. The third-order valence-electron chi connectivity index (χ3n) is 1.38. The Hall–Kier alpha value is -0.330. The average Bonchev–Trinajstić information content (AvgIpc) is 2.08. The number of hydrogen-bond donors (Lipinski definition) is 1. The van der Waals surface area contributed by atoms with Gasteiger partial charge in [-0.3, -0.25) is 0 Å². The van der Waals surface area contributed by atoms with Gasteiger partial charge in [-0.1, -0.05) is 0 Å². The van der Waals surface area contributed by atoms with E-state index >= 15 is 0 Å². The lowest BCUT2D eigenvalue weighted by molar-refractivity contribution is -0.138. The number of nitrogens with two attached hydrogens (primary N) is 1. The van der Waals surface area contributed by atoms with Crippen molar-refractivity contribution in [2.75, 3.05) is 33.0 Å². The van der Waals surface area contributed by atoms with Crippen LogP contribution in [0, 0.1) is 0 Å². The molecule has 0 saturated carbocycles. The molecule has 14 heavy (non-hydrogen) atoms. The molecule has 6 heteroatoms. The van der Waals surface area contributed by atoms with E-state index in [0.717, 1.165) is 0 Å². The summed E-state index contributed by atoms with van der Waals surface area (Å²) in [5, 5.41) is 0. The van der Waals surface area contributed by atoms with Gasteiger partial charge in [0.15, 0.2) is 0 Å². The molecule has 0 aliphatic heterocycles. The fourth-order valence-electron chi connectivity index (χ4n) is 0.780. The molecule has 0 amide bonds. The molecule has 0 aliphatic carbocycles. The molecule has 0 aromatic rings. The van der Waals surface area contributed by atoms with Crippen molar-refractivity contribution in [1.29, 1.82) is 0 Å². The van der Waals surface area contributed by atoms with E-state index in [4.69, 9.17) is 15.2 Å². The minimum Gasteiger partial charge on any atom is -0.379 e. The molecule has 0 spiro atoms. The molecule has 0 rings (SSSR count). The number of rotatable bonds is 8. The zero-order chi connectivity index (χ0) is 10.9. The lowest BCUT2D eigenvalue weighted by Crippen LogP contribution is -2.13. The standard InChI is InChI=1S/C8H16F3NO2/c9-8(10,11)2-1-4-13-6-7-14-5-3-12/h1-7,12H2. The van der Waals surface area contributed by atoms with Crippen LogP contribution in [0.4, 0.5) is 13.2 Å². The number of alkyl halides is 3. The first-order valence-corrected chi connectivity index (χ1v) is 4.48. The monoisotopic (exact) mass is 215 g/mol. The second kappa shape index (κ2) is 8.02. The van der Waals surface area contributed by atoms with Gasteiger partial charge in [0.1, 0.15) is 0 Å². The predicted octanol–water partition coefficient (Wildman–Crippen LogP) is 1.32. The van der Waals surface area contributed by atoms with Crippen LogP contribution in [0.25, 0.3) is 0 Å². The Morgan fingerprint density at radius 2 is 1.50 bits per heavy atom. The van der Waals surface area contributed by atoms with Crippen LogP contribution in [-0.2, 0) is 9.47 Å². The first kappa shape index (κ1) is 13.7.